The molecule has 2 aromatic heterocycles. The minimum absolute atomic E-state index is 0.538. The van der Waals surface area contributed by atoms with Gasteiger partial charge in [0.05, 0.1) is 6.57 Å². The highest BCUT2D eigenvalue weighted by atomic mass is 16.3. The van der Waals surface area contributed by atoms with E-state index in [-0.39, 0.29) is 0 Å². The van der Waals surface area contributed by atoms with Gasteiger partial charge in [-0.2, -0.15) is 0 Å². The predicted molar refractivity (Wildman–Crippen MR) is 206 cm³/mol. The maximum atomic E-state index is 7.46. The van der Waals surface area contributed by atoms with Crippen molar-refractivity contribution in [1.82, 2.24) is 15.0 Å². The van der Waals surface area contributed by atoms with Gasteiger partial charge in [0.25, 0.3) is 0 Å². The summed E-state index contributed by atoms with van der Waals surface area (Å²) in [6, 6.07) is 57.2. The molecule has 0 saturated carbocycles. The van der Waals surface area contributed by atoms with Gasteiger partial charge in [0.1, 0.15) is 11.2 Å². The van der Waals surface area contributed by atoms with E-state index in [1.165, 1.54) is 0 Å². The molecule has 2 heterocycles. The minimum atomic E-state index is 0.538. The van der Waals surface area contributed by atoms with E-state index in [0.717, 1.165) is 72.0 Å². The molecule has 0 fully saturated rings. The Kier molecular flexibility index (Phi) is 7.46. The van der Waals surface area contributed by atoms with Crippen LogP contribution < -0.4 is 0 Å². The highest BCUT2D eigenvalue weighted by Crippen LogP contribution is 2.40. The molecule has 51 heavy (non-hydrogen) atoms. The fourth-order valence-corrected chi connectivity index (χ4v) is 6.57. The molecule has 0 unspecified atom stereocenters. The van der Waals surface area contributed by atoms with E-state index >= 15 is 0 Å². The molecule has 7 aromatic carbocycles. The number of nitrogens with zero attached hydrogens (tertiary/aromatic N) is 4. The second-order valence-corrected chi connectivity index (χ2v) is 12.3. The van der Waals surface area contributed by atoms with E-state index in [0.29, 0.717) is 23.2 Å². The fraction of sp³-hybridized carbons (Fsp3) is 0. The summed E-state index contributed by atoms with van der Waals surface area (Å²) in [5.74, 6) is 1.69. The lowest BCUT2D eigenvalue weighted by Crippen LogP contribution is -2.00. The molecular formula is C46H28N4O. The molecule has 0 amide bonds. The third-order valence-corrected chi connectivity index (χ3v) is 9.18. The van der Waals surface area contributed by atoms with Crippen LogP contribution in [0.4, 0.5) is 5.69 Å². The Balaban J connectivity index is 1.22. The van der Waals surface area contributed by atoms with E-state index < -0.39 is 0 Å². The smallest absolute Gasteiger partial charge is 0.187 e. The summed E-state index contributed by atoms with van der Waals surface area (Å²) in [5.41, 5.74) is 11.2. The van der Waals surface area contributed by atoms with E-state index in [1.807, 2.05) is 84.9 Å². The van der Waals surface area contributed by atoms with Crippen molar-refractivity contribution in [3.63, 3.8) is 0 Å². The van der Waals surface area contributed by atoms with Gasteiger partial charge in [-0.1, -0.05) is 152 Å². The van der Waals surface area contributed by atoms with Crippen LogP contribution in [-0.4, -0.2) is 15.0 Å². The van der Waals surface area contributed by atoms with Crippen LogP contribution in [0.2, 0.25) is 0 Å². The third-order valence-electron chi connectivity index (χ3n) is 9.18. The van der Waals surface area contributed by atoms with Gasteiger partial charge in [-0.25, -0.2) is 19.8 Å². The van der Waals surface area contributed by atoms with Gasteiger partial charge >= 0.3 is 0 Å². The summed E-state index contributed by atoms with van der Waals surface area (Å²) in [6.07, 6.45) is 0. The first-order chi connectivity index (χ1) is 25.2. The Morgan fingerprint density at radius 3 is 1.39 bits per heavy atom. The number of fused-ring (bicyclic) bond motifs is 3. The van der Waals surface area contributed by atoms with Crippen LogP contribution in [0.1, 0.15) is 0 Å². The van der Waals surface area contributed by atoms with Crippen LogP contribution in [0, 0.1) is 6.57 Å². The monoisotopic (exact) mass is 652 g/mol. The van der Waals surface area contributed by atoms with Crippen molar-refractivity contribution in [1.29, 1.82) is 0 Å². The number of furan rings is 1. The third kappa shape index (κ3) is 5.71. The quantitative estimate of drug-likeness (QED) is 0.168. The first-order valence-corrected chi connectivity index (χ1v) is 16.7. The number of aromatic nitrogens is 3. The van der Waals surface area contributed by atoms with Crippen LogP contribution in [0.15, 0.2) is 174 Å². The minimum Gasteiger partial charge on any atom is -0.456 e. The van der Waals surface area contributed by atoms with Crippen molar-refractivity contribution in [2.45, 2.75) is 0 Å². The lowest BCUT2D eigenvalue weighted by Gasteiger charge is -2.11. The molecule has 5 nitrogen and oxygen atoms in total. The van der Waals surface area contributed by atoms with Crippen molar-refractivity contribution >= 4 is 27.6 Å². The van der Waals surface area contributed by atoms with Gasteiger partial charge in [-0.3, -0.25) is 0 Å². The second kappa shape index (κ2) is 12.7. The number of para-hydroxylation sites is 1. The van der Waals surface area contributed by atoms with Crippen molar-refractivity contribution < 1.29 is 4.42 Å². The summed E-state index contributed by atoms with van der Waals surface area (Å²) in [5, 5.41) is 2.03. The SMILES string of the molecule is [C-]#[N+]c1ccc(-c2cc(-c3nc(-c4ccc(-c5ccccc5)cc4)nc(-c4ccc(-c5ccccc5)cc4)n3)cc3oc4ccccc4c23)cc1. The van der Waals surface area contributed by atoms with Crippen molar-refractivity contribution in [2.75, 3.05) is 0 Å². The number of rotatable bonds is 6. The maximum absolute atomic E-state index is 7.46. The van der Waals surface area contributed by atoms with Gasteiger partial charge < -0.3 is 4.42 Å². The number of hydrogen-bond donors (Lipinski definition) is 0. The molecular weight excluding hydrogens is 625 g/mol. The molecule has 0 bridgehead atoms. The summed E-state index contributed by atoms with van der Waals surface area (Å²) in [4.78, 5) is 18.8. The number of hydrogen-bond acceptors (Lipinski definition) is 4. The highest BCUT2D eigenvalue weighted by molar-refractivity contribution is 6.13. The van der Waals surface area contributed by atoms with Crippen molar-refractivity contribution in [3.8, 4) is 67.5 Å². The average Bonchev–Trinajstić information content (AvgIpc) is 3.60. The molecule has 0 N–H and O–H groups in total. The van der Waals surface area contributed by atoms with Gasteiger partial charge in [-0.15, -0.1) is 0 Å². The highest BCUT2D eigenvalue weighted by Gasteiger charge is 2.19. The zero-order valence-corrected chi connectivity index (χ0v) is 27.4. The van der Waals surface area contributed by atoms with Crippen LogP contribution in [0.25, 0.3) is 94.3 Å². The summed E-state index contributed by atoms with van der Waals surface area (Å²) >= 11 is 0. The molecule has 0 saturated heterocycles. The van der Waals surface area contributed by atoms with Crippen LogP contribution in [0.3, 0.4) is 0 Å². The van der Waals surface area contributed by atoms with E-state index in [9.17, 15) is 0 Å². The van der Waals surface area contributed by atoms with Crippen LogP contribution in [0.5, 0.6) is 0 Å². The first kappa shape index (κ1) is 29.9. The van der Waals surface area contributed by atoms with Crippen LogP contribution >= 0.6 is 0 Å². The molecule has 0 aliphatic heterocycles. The lowest BCUT2D eigenvalue weighted by atomic mass is 9.96. The average molecular weight is 653 g/mol. The largest absolute Gasteiger partial charge is 0.456 e. The Morgan fingerprint density at radius 2 is 0.843 bits per heavy atom. The van der Waals surface area contributed by atoms with Gasteiger partial charge in [0, 0.05) is 27.5 Å². The van der Waals surface area contributed by atoms with Gasteiger partial charge in [0.15, 0.2) is 23.2 Å². The Bertz CT molecular complexity index is 2610. The molecule has 5 heteroatoms. The maximum Gasteiger partial charge on any atom is 0.187 e. The molecule has 0 atom stereocenters. The topological polar surface area (TPSA) is 56.2 Å². The standard InChI is InChI=1S/C46H28N4O/c1-47-38-26-24-34(25-27-38)40-28-37(29-42-43(40)39-14-8-9-15-41(39)51-42)46-49-44(35-20-16-32(17-21-35)30-10-4-2-5-11-30)48-45(50-46)36-22-18-33(19-23-36)31-12-6-3-7-13-31/h2-29H. The summed E-state index contributed by atoms with van der Waals surface area (Å²) in [7, 11) is 0. The zero-order valence-electron chi connectivity index (χ0n) is 27.4. The first-order valence-electron chi connectivity index (χ1n) is 16.7. The Morgan fingerprint density at radius 1 is 0.392 bits per heavy atom. The Labute approximate surface area is 295 Å². The molecule has 0 aliphatic rings. The molecule has 0 aliphatic carbocycles. The fourth-order valence-electron chi connectivity index (χ4n) is 6.57. The van der Waals surface area contributed by atoms with Crippen molar-refractivity contribution in [3.05, 3.63) is 181 Å². The van der Waals surface area contributed by atoms with Crippen LogP contribution in [-0.2, 0) is 0 Å². The lowest BCUT2D eigenvalue weighted by molar-refractivity contribution is 0.669. The predicted octanol–water partition coefficient (Wildman–Crippen LogP) is 12.3. The molecule has 9 rings (SSSR count). The molecule has 0 radical (unpaired) electrons. The van der Waals surface area contributed by atoms with E-state index in [1.54, 1.807) is 0 Å². The summed E-state index contributed by atoms with van der Waals surface area (Å²) < 4.78 is 6.44. The normalized spacial score (nSPS) is 11.1. The van der Waals surface area contributed by atoms with E-state index in [2.05, 4.69) is 89.8 Å². The van der Waals surface area contributed by atoms with E-state index in [4.69, 9.17) is 25.9 Å². The Hall–Kier alpha value is -7.16. The summed E-state index contributed by atoms with van der Waals surface area (Å²) in [6.45, 7) is 7.46. The van der Waals surface area contributed by atoms with Gasteiger partial charge in [-0.05, 0) is 51.6 Å². The molecule has 9 aromatic rings. The second-order valence-electron chi connectivity index (χ2n) is 12.3. The molecule has 238 valence electrons. The molecule has 0 spiro atoms. The van der Waals surface area contributed by atoms with Crippen molar-refractivity contribution in [2.24, 2.45) is 0 Å². The number of benzene rings is 7. The van der Waals surface area contributed by atoms with Gasteiger partial charge in [0.2, 0.25) is 0 Å². The zero-order chi connectivity index (χ0) is 34.1.